The Kier molecular flexibility index (Phi) is 4.76. The molecule has 2 heterocycles. The lowest BCUT2D eigenvalue weighted by atomic mass is 10.2. The Labute approximate surface area is 143 Å². The van der Waals surface area contributed by atoms with Crippen LogP contribution in [0, 0.1) is 6.92 Å². The number of rotatable bonds is 5. The van der Waals surface area contributed by atoms with Crippen molar-refractivity contribution in [1.82, 2.24) is 15.0 Å². The van der Waals surface area contributed by atoms with Crippen molar-refractivity contribution >= 4 is 21.8 Å². The highest BCUT2D eigenvalue weighted by atomic mass is 32.2. The van der Waals surface area contributed by atoms with Gasteiger partial charge < -0.3 is 9.72 Å². The van der Waals surface area contributed by atoms with Crippen molar-refractivity contribution in [3.63, 3.8) is 0 Å². The van der Waals surface area contributed by atoms with Gasteiger partial charge in [-0.05, 0) is 25.1 Å². The average molecular weight is 375 g/mol. The van der Waals surface area contributed by atoms with Gasteiger partial charge in [-0.2, -0.15) is 13.2 Å². The number of nitrogens with one attached hydrogen (secondary N) is 1. The largest absolute Gasteiger partial charge is 0.484 e. The molecule has 1 aromatic carbocycles. The summed E-state index contributed by atoms with van der Waals surface area (Å²) in [5.41, 5.74) is 2.28. The van der Waals surface area contributed by atoms with E-state index in [4.69, 9.17) is 4.74 Å². The van der Waals surface area contributed by atoms with Gasteiger partial charge in [-0.25, -0.2) is 4.98 Å². The molecule has 0 saturated heterocycles. The number of aromatic amines is 1. The number of hydrogen-bond donors (Lipinski definition) is 1. The third kappa shape index (κ3) is 4.16. The van der Waals surface area contributed by atoms with E-state index in [-0.39, 0.29) is 11.5 Å². The van der Waals surface area contributed by atoms with E-state index in [1.54, 1.807) is 13.0 Å². The van der Waals surface area contributed by atoms with Crippen LogP contribution in [0.25, 0.3) is 11.0 Å². The van der Waals surface area contributed by atoms with Gasteiger partial charge in [0.1, 0.15) is 5.75 Å². The van der Waals surface area contributed by atoms with Gasteiger partial charge in [-0.15, -0.1) is 0 Å². The Balaban J connectivity index is 1.79. The van der Waals surface area contributed by atoms with Crippen molar-refractivity contribution in [2.24, 2.45) is 0 Å². The van der Waals surface area contributed by atoms with Gasteiger partial charge in [-0.3, -0.25) is 9.19 Å². The van der Waals surface area contributed by atoms with Crippen molar-refractivity contribution < 1.29 is 22.1 Å². The number of H-pyrrole nitrogens is 1. The summed E-state index contributed by atoms with van der Waals surface area (Å²) in [4.78, 5) is 11.3. The maximum absolute atomic E-state index is 12.5. The summed E-state index contributed by atoms with van der Waals surface area (Å²) in [6.45, 7) is 0.202. The molecule has 0 aliphatic carbocycles. The smallest absolute Gasteiger partial charge is 0.422 e. The molecule has 25 heavy (non-hydrogen) atoms. The number of imidazole rings is 1. The van der Waals surface area contributed by atoms with Gasteiger partial charge in [-0.1, -0.05) is 12.1 Å². The number of benzene rings is 1. The molecule has 0 amide bonds. The number of hydrogen-bond acceptors (Lipinski definition) is 4. The molecule has 1 N–H and O–H groups in total. The molecule has 132 valence electrons. The summed E-state index contributed by atoms with van der Waals surface area (Å²) < 4.78 is 54.2. The molecule has 1 atom stereocenters. The first-order chi connectivity index (χ1) is 11.8. The molecule has 0 aliphatic heterocycles. The van der Waals surface area contributed by atoms with Crippen LogP contribution in [-0.4, -0.2) is 31.9 Å². The zero-order valence-corrected chi connectivity index (χ0v) is 13.9. The lowest BCUT2D eigenvalue weighted by Crippen LogP contribution is -2.19. The minimum absolute atomic E-state index is 0.0227. The summed E-state index contributed by atoms with van der Waals surface area (Å²) in [6, 6.07) is 8.62. The first kappa shape index (κ1) is 17.4. The van der Waals surface area contributed by atoms with Crippen LogP contribution in [0.4, 0.5) is 13.2 Å². The summed E-state index contributed by atoms with van der Waals surface area (Å²) in [6.07, 6.45) is -3.09. The second-order valence-corrected chi connectivity index (χ2v) is 6.70. The second kappa shape index (κ2) is 6.83. The highest BCUT2D eigenvalue weighted by Gasteiger charge is 2.29. The first-order valence-electron chi connectivity index (χ1n) is 7.30. The van der Waals surface area contributed by atoms with Crippen LogP contribution < -0.4 is 4.74 Å². The number of alkyl halides is 3. The van der Waals surface area contributed by atoms with E-state index < -0.39 is 23.6 Å². The zero-order chi connectivity index (χ0) is 18.0. The fourth-order valence-electron chi connectivity index (χ4n) is 2.25. The highest BCUT2D eigenvalue weighted by molar-refractivity contribution is 7.84. The SMILES string of the molecule is Cc1c(OCC(F)(F)F)ccnc1CS(=O)c1n[13c]2[13cH][13cH][13cH][13cH][13c]2[nH]1. The van der Waals surface area contributed by atoms with Crippen LogP contribution in [0.15, 0.2) is 41.7 Å². The summed E-state index contributed by atoms with van der Waals surface area (Å²) >= 11 is 0. The molecular formula is C16H14F3N3O2S. The Morgan fingerprint density at radius 3 is 2.72 bits per heavy atom. The fourth-order valence-corrected chi connectivity index (χ4v) is 3.35. The van der Waals surface area contributed by atoms with Crippen LogP contribution in [0.3, 0.4) is 0 Å². The van der Waals surface area contributed by atoms with Crippen molar-refractivity contribution in [1.29, 1.82) is 0 Å². The minimum Gasteiger partial charge on any atom is -0.484 e. The summed E-state index contributed by atoms with van der Waals surface area (Å²) in [7, 11) is -1.51. The zero-order valence-electron chi connectivity index (χ0n) is 13.1. The quantitative estimate of drug-likeness (QED) is 0.741. The maximum atomic E-state index is 12.5. The molecule has 3 aromatic rings. The molecule has 3 rings (SSSR count). The molecular weight excluding hydrogens is 361 g/mol. The van der Waals surface area contributed by atoms with Crippen LogP contribution >= 0.6 is 0 Å². The van der Waals surface area contributed by atoms with Crippen molar-refractivity contribution in [2.75, 3.05) is 6.61 Å². The molecule has 9 heteroatoms. The summed E-state index contributed by atoms with van der Waals surface area (Å²) in [5.74, 6) is 0.0958. The number of aromatic nitrogens is 3. The van der Waals surface area contributed by atoms with Crippen molar-refractivity contribution in [2.45, 2.75) is 24.0 Å². The van der Waals surface area contributed by atoms with E-state index in [0.717, 1.165) is 5.52 Å². The number of halogens is 3. The molecule has 0 radical (unpaired) electrons. The lowest BCUT2D eigenvalue weighted by Gasteiger charge is -2.13. The second-order valence-electron chi connectivity index (χ2n) is 5.33. The van der Waals surface area contributed by atoms with E-state index in [0.29, 0.717) is 21.9 Å². The van der Waals surface area contributed by atoms with E-state index >= 15 is 0 Å². The minimum atomic E-state index is -4.42. The highest BCUT2D eigenvalue weighted by Crippen LogP contribution is 2.24. The molecule has 5 nitrogen and oxygen atoms in total. The number of para-hydroxylation sites is 2. The molecule has 0 spiro atoms. The predicted octanol–water partition coefficient (Wildman–Crippen LogP) is 3.52. The van der Waals surface area contributed by atoms with Crippen molar-refractivity contribution in [3.05, 3.63) is 47.8 Å². The molecule has 2 aromatic heterocycles. The van der Waals surface area contributed by atoms with E-state index in [1.807, 2.05) is 18.2 Å². The number of nitrogens with zero attached hydrogens (tertiary/aromatic N) is 2. The normalized spacial score (nSPS) is 13.1. The van der Waals surface area contributed by atoms with E-state index in [2.05, 4.69) is 15.0 Å². The van der Waals surface area contributed by atoms with Crippen LogP contribution in [-0.2, 0) is 16.6 Å². The van der Waals surface area contributed by atoms with Gasteiger partial charge in [0.15, 0.2) is 11.8 Å². The lowest BCUT2D eigenvalue weighted by molar-refractivity contribution is -0.153. The van der Waals surface area contributed by atoms with Crippen LogP contribution in [0.5, 0.6) is 5.75 Å². The van der Waals surface area contributed by atoms with Gasteiger partial charge in [0.05, 0.1) is 33.3 Å². The number of ether oxygens (including phenoxy) is 1. The van der Waals surface area contributed by atoms with Gasteiger partial charge >= 0.3 is 6.18 Å². The molecule has 0 saturated carbocycles. The third-order valence-electron chi connectivity index (χ3n) is 3.50. The molecule has 0 aliphatic rings. The van der Waals surface area contributed by atoms with Gasteiger partial charge in [0.25, 0.3) is 0 Å². The monoisotopic (exact) mass is 375 g/mol. The van der Waals surface area contributed by atoms with Crippen molar-refractivity contribution in [3.8, 4) is 5.75 Å². The first-order valence-corrected chi connectivity index (χ1v) is 8.62. The number of pyridine rings is 1. The standard InChI is InChI=1S/C16H14F3N3O2S/c1-10-13(20-7-6-14(10)24-9-16(17,18)19)8-25(23)15-21-11-4-2-3-5-12(11)22-15/h2-7H,8-9H2,1H3,(H,21,22)/i2+1,3+1,4+1,5+1,11+1,12+1. The van der Waals surface area contributed by atoms with Gasteiger partial charge in [0.2, 0.25) is 0 Å². The van der Waals surface area contributed by atoms with Crippen LogP contribution in [0.2, 0.25) is 0 Å². The number of fused-ring (bicyclic) bond motifs is 1. The molecule has 1 unspecified atom stereocenters. The van der Waals surface area contributed by atoms with E-state index in [1.165, 1.54) is 12.3 Å². The Hall–Kier alpha value is -2.42. The average Bonchev–Trinajstić information content (AvgIpc) is 2.99. The van der Waals surface area contributed by atoms with Gasteiger partial charge in [0, 0.05) is 11.8 Å². The Morgan fingerprint density at radius 2 is 2.00 bits per heavy atom. The maximum Gasteiger partial charge on any atom is 0.422 e. The van der Waals surface area contributed by atoms with E-state index in [9.17, 15) is 17.4 Å². The Bertz CT molecular complexity index is 891. The molecule has 0 bridgehead atoms. The fraction of sp³-hybridized carbons (Fsp3) is 0.250. The molecule has 0 fully saturated rings. The summed E-state index contributed by atoms with van der Waals surface area (Å²) in [5, 5.41) is 0.295. The topological polar surface area (TPSA) is 67.9 Å². The van der Waals surface area contributed by atoms with Crippen LogP contribution in [0.1, 0.15) is 11.3 Å². The Morgan fingerprint density at radius 1 is 1.24 bits per heavy atom. The third-order valence-corrected chi connectivity index (χ3v) is 4.66. The predicted molar refractivity (Wildman–Crippen MR) is 86.7 cm³/mol.